The third kappa shape index (κ3) is 3.74. The Bertz CT molecular complexity index is 1080. The molecule has 6 nitrogen and oxygen atoms in total. The second kappa shape index (κ2) is 6.84. The van der Waals surface area contributed by atoms with Crippen molar-refractivity contribution < 1.29 is 9.59 Å². The molecule has 0 aliphatic carbocycles. The molecule has 27 heavy (non-hydrogen) atoms. The van der Waals surface area contributed by atoms with E-state index in [9.17, 15) is 9.59 Å². The minimum atomic E-state index is -0.504. The number of amides is 1. The molecule has 0 aromatic heterocycles. The van der Waals surface area contributed by atoms with E-state index in [0.717, 1.165) is 22.8 Å². The molecule has 0 unspecified atom stereocenters. The molecule has 0 aromatic carbocycles. The Morgan fingerprint density at radius 3 is 2.00 bits per heavy atom. The number of ketones is 1. The molecule has 0 spiro atoms. The lowest BCUT2D eigenvalue weighted by Crippen LogP contribution is -2.03. The summed E-state index contributed by atoms with van der Waals surface area (Å²) in [5.74, 6) is -0.792. The molecule has 4 rings (SSSR count). The van der Waals surface area contributed by atoms with Crippen LogP contribution in [0.25, 0.3) is 0 Å². The molecular weight excluding hydrogens is 340 g/mol. The standard InChI is InChI=1S/C21H14N4O2/c1-13(26)20-12-19(25-21(20)27)11-18-7-6-17(24-18)10-16-5-4-15(23-16)9-14-3-2-8-22-14/h2-12H,1H3. The average Bonchev–Trinajstić information content (AvgIpc) is 3.39. The summed E-state index contributed by atoms with van der Waals surface area (Å²) in [4.78, 5) is 40.0. The SMILES string of the molecule is CC(=O)C1=CC(C=C2C=CC(C=C3C=CC(C=C4C=CC=N4)=N3)=N2)=NC1=O. The van der Waals surface area contributed by atoms with Gasteiger partial charge in [-0.3, -0.25) is 14.6 Å². The van der Waals surface area contributed by atoms with Crippen LogP contribution in [0.3, 0.4) is 0 Å². The summed E-state index contributed by atoms with van der Waals surface area (Å²) in [6.45, 7) is 1.35. The van der Waals surface area contributed by atoms with E-state index in [2.05, 4.69) is 20.0 Å². The average molecular weight is 354 g/mol. The zero-order valence-electron chi connectivity index (χ0n) is 14.5. The molecular formula is C21H14N4O2. The molecule has 6 heteroatoms. The number of hydrogen-bond donors (Lipinski definition) is 0. The summed E-state index contributed by atoms with van der Waals surface area (Å²) < 4.78 is 0. The minimum absolute atomic E-state index is 0.101. The molecule has 4 aliphatic rings. The van der Waals surface area contributed by atoms with Gasteiger partial charge in [0.2, 0.25) is 0 Å². The van der Waals surface area contributed by atoms with Crippen molar-refractivity contribution in [3.05, 3.63) is 83.4 Å². The van der Waals surface area contributed by atoms with Gasteiger partial charge in [0.1, 0.15) is 0 Å². The zero-order valence-corrected chi connectivity index (χ0v) is 14.5. The summed E-state index contributed by atoms with van der Waals surface area (Å²) >= 11 is 0. The molecule has 0 N–H and O–H groups in total. The fourth-order valence-electron chi connectivity index (χ4n) is 2.71. The number of rotatable bonds is 4. The summed E-state index contributed by atoms with van der Waals surface area (Å²) in [5.41, 5.74) is 4.44. The maximum Gasteiger partial charge on any atom is 0.281 e. The molecule has 0 saturated heterocycles. The molecule has 1 amide bonds. The van der Waals surface area contributed by atoms with Crippen molar-refractivity contribution in [2.45, 2.75) is 6.92 Å². The molecule has 0 bridgehead atoms. The van der Waals surface area contributed by atoms with Gasteiger partial charge < -0.3 is 0 Å². The molecule has 0 fully saturated rings. The predicted molar refractivity (Wildman–Crippen MR) is 106 cm³/mol. The highest BCUT2D eigenvalue weighted by atomic mass is 16.2. The number of allylic oxidation sites excluding steroid dienone is 10. The summed E-state index contributed by atoms with van der Waals surface area (Å²) in [6.07, 6.45) is 20.0. The van der Waals surface area contributed by atoms with E-state index in [1.807, 2.05) is 48.6 Å². The fourth-order valence-corrected chi connectivity index (χ4v) is 2.71. The van der Waals surface area contributed by atoms with Gasteiger partial charge in [-0.05, 0) is 67.7 Å². The van der Waals surface area contributed by atoms with Crippen molar-refractivity contribution in [3.63, 3.8) is 0 Å². The van der Waals surface area contributed by atoms with E-state index in [0.29, 0.717) is 11.4 Å². The number of carbonyl (C=O) groups excluding carboxylic acids is 2. The Kier molecular flexibility index (Phi) is 4.22. The Hall–Kier alpha value is -3.80. The molecule has 130 valence electrons. The van der Waals surface area contributed by atoms with Crippen LogP contribution in [0.2, 0.25) is 0 Å². The van der Waals surface area contributed by atoms with E-state index in [-0.39, 0.29) is 11.4 Å². The highest BCUT2D eigenvalue weighted by Crippen LogP contribution is 2.18. The second-order valence-electron chi connectivity index (χ2n) is 6.04. The Balaban J connectivity index is 1.50. The van der Waals surface area contributed by atoms with Crippen LogP contribution in [0, 0.1) is 0 Å². The van der Waals surface area contributed by atoms with Gasteiger partial charge in [-0.15, -0.1) is 0 Å². The largest absolute Gasteiger partial charge is 0.294 e. The first-order valence-corrected chi connectivity index (χ1v) is 8.32. The summed E-state index contributed by atoms with van der Waals surface area (Å²) in [7, 11) is 0. The molecule has 4 aliphatic heterocycles. The van der Waals surface area contributed by atoms with Gasteiger partial charge in [0.05, 0.1) is 39.8 Å². The normalized spacial score (nSPS) is 24.5. The van der Waals surface area contributed by atoms with Gasteiger partial charge in [-0.2, -0.15) is 0 Å². The van der Waals surface area contributed by atoms with E-state index in [4.69, 9.17) is 0 Å². The fraction of sp³-hybridized carbons (Fsp3) is 0.0476. The topological polar surface area (TPSA) is 83.6 Å². The van der Waals surface area contributed by atoms with Crippen molar-refractivity contribution in [1.82, 2.24) is 0 Å². The van der Waals surface area contributed by atoms with Gasteiger partial charge >= 0.3 is 0 Å². The third-order valence-corrected chi connectivity index (χ3v) is 3.96. The smallest absolute Gasteiger partial charge is 0.281 e. The molecule has 0 saturated carbocycles. The van der Waals surface area contributed by atoms with Crippen LogP contribution in [-0.4, -0.2) is 35.0 Å². The lowest BCUT2D eigenvalue weighted by atomic mass is 10.1. The lowest BCUT2D eigenvalue weighted by Gasteiger charge is -1.92. The Morgan fingerprint density at radius 2 is 1.44 bits per heavy atom. The number of Topliss-reactive ketones (excluding diaryl/α,β-unsaturated/α-hetero) is 1. The van der Waals surface area contributed by atoms with E-state index in [1.54, 1.807) is 12.3 Å². The summed E-state index contributed by atoms with van der Waals surface area (Å²) in [5, 5.41) is 0. The van der Waals surface area contributed by atoms with Crippen molar-refractivity contribution >= 4 is 35.0 Å². The van der Waals surface area contributed by atoms with Crippen LogP contribution < -0.4 is 0 Å². The van der Waals surface area contributed by atoms with E-state index < -0.39 is 5.91 Å². The second-order valence-corrected chi connectivity index (χ2v) is 6.04. The maximum absolute atomic E-state index is 11.6. The van der Waals surface area contributed by atoms with Gasteiger partial charge in [0.25, 0.3) is 5.91 Å². The first-order valence-electron chi connectivity index (χ1n) is 8.32. The Morgan fingerprint density at radius 1 is 0.815 bits per heavy atom. The third-order valence-electron chi connectivity index (χ3n) is 3.96. The highest BCUT2D eigenvalue weighted by molar-refractivity contribution is 6.31. The van der Waals surface area contributed by atoms with E-state index >= 15 is 0 Å². The molecule has 0 radical (unpaired) electrons. The van der Waals surface area contributed by atoms with Gasteiger partial charge in [-0.1, -0.05) is 0 Å². The van der Waals surface area contributed by atoms with Crippen LogP contribution >= 0.6 is 0 Å². The van der Waals surface area contributed by atoms with Crippen LogP contribution in [0.5, 0.6) is 0 Å². The number of hydrogen-bond acceptors (Lipinski definition) is 5. The molecule has 0 aromatic rings. The quantitative estimate of drug-likeness (QED) is 0.727. The number of carbonyl (C=O) groups is 2. The van der Waals surface area contributed by atoms with Crippen LogP contribution in [0.4, 0.5) is 0 Å². The first-order chi connectivity index (χ1) is 13.1. The highest BCUT2D eigenvalue weighted by Gasteiger charge is 2.20. The van der Waals surface area contributed by atoms with Gasteiger partial charge in [0.15, 0.2) is 5.78 Å². The van der Waals surface area contributed by atoms with Gasteiger partial charge in [-0.25, -0.2) is 15.0 Å². The molecule has 4 heterocycles. The predicted octanol–water partition coefficient (Wildman–Crippen LogP) is 2.80. The Labute approximate surface area is 155 Å². The first kappa shape index (κ1) is 16.7. The van der Waals surface area contributed by atoms with Crippen molar-refractivity contribution in [2.24, 2.45) is 20.0 Å². The van der Waals surface area contributed by atoms with Crippen LogP contribution in [-0.2, 0) is 9.59 Å². The van der Waals surface area contributed by atoms with Crippen LogP contribution in [0.1, 0.15) is 6.92 Å². The maximum atomic E-state index is 11.6. The number of aliphatic imine (C=N–C) groups is 4. The minimum Gasteiger partial charge on any atom is -0.294 e. The monoisotopic (exact) mass is 354 g/mol. The van der Waals surface area contributed by atoms with Crippen molar-refractivity contribution in [3.8, 4) is 0 Å². The van der Waals surface area contributed by atoms with Crippen molar-refractivity contribution in [2.75, 3.05) is 0 Å². The summed E-state index contributed by atoms with van der Waals surface area (Å²) in [6, 6.07) is 0. The molecule has 0 atom stereocenters. The number of nitrogens with zero attached hydrogens (tertiary/aromatic N) is 4. The van der Waals surface area contributed by atoms with Gasteiger partial charge in [0, 0.05) is 6.21 Å². The zero-order chi connectivity index (χ0) is 18.8. The lowest BCUT2D eigenvalue weighted by molar-refractivity contribution is -0.119. The van der Waals surface area contributed by atoms with E-state index in [1.165, 1.54) is 13.0 Å². The van der Waals surface area contributed by atoms with Crippen molar-refractivity contribution in [1.29, 1.82) is 0 Å². The van der Waals surface area contributed by atoms with Crippen LogP contribution in [0.15, 0.2) is 103 Å².